The molecule has 0 unspecified atom stereocenters. The van der Waals surface area contributed by atoms with E-state index in [4.69, 9.17) is 22.1 Å². The Labute approximate surface area is 144 Å². The molecule has 24 heavy (non-hydrogen) atoms. The Hall–Kier alpha value is -2.60. The van der Waals surface area contributed by atoms with E-state index in [-0.39, 0.29) is 17.4 Å². The van der Waals surface area contributed by atoms with Crippen LogP contribution in [-0.2, 0) is 12.8 Å². The van der Waals surface area contributed by atoms with E-state index >= 15 is 0 Å². The summed E-state index contributed by atoms with van der Waals surface area (Å²) in [6.45, 7) is 0. The van der Waals surface area contributed by atoms with Gasteiger partial charge < -0.3 is 10.5 Å². The topological polar surface area (TPSA) is 90.8 Å². The van der Waals surface area contributed by atoms with E-state index in [1.807, 2.05) is 18.2 Å². The van der Waals surface area contributed by atoms with Gasteiger partial charge in [-0.05, 0) is 42.5 Å². The highest BCUT2D eigenvalue weighted by atomic mass is 35.5. The molecule has 0 amide bonds. The fourth-order valence-electron chi connectivity index (χ4n) is 2.74. The molecule has 0 radical (unpaired) electrons. The van der Waals surface area contributed by atoms with E-state index < -0.39 is 4.92 Å². The van der Waals surface area contributed by atoms with Crippen LogP contribution in [0, 0.1) is 10.1 Å². The zero-order valence-corrected chi connectivity index (χ0v) is 13.6. The van der Waals surface area contributed by atoms with Crippen LogP contribution in [0.15, 0.2) is 41.4 Å². The van der Waals surface area contributed by atoms with Crippen molar-refractivity contribution in [2.24, 2.45) is 10.7 Å². The van der Waals surface area contributed by atoms with E-state index in [9.17, 15) is 10.1 Å². The van der Waals surface area contributed by atoms with Gasteiger partial charge in [-0.1, -0.05) is 6.07 Å². The van der Waals surface area contributed by atoms with Crippen LogP contribution in [0.2, 0.25) is 0 Å². The molecule has 2 aromatic carbocycles. The Kier molecular flexibility index (Phi) is 4.66. The van der Waals surface area contributed by atoms with E-state index in [0.717, 1.165) is 19.3 Å². The highest BCUT2D eigenvalue weighted by Gasteiger charge is 2.14. The molecule has 124 valence electrons. The van der Waals surface area contributed by atoms with Gasteiger partial charge in [0.15, 0.2) is 0 Å². The fraction of sp³-hybridized carbons (Fsp3) is 0.235. The Morgan fingerprint density at radius 1 is 1.21 bits per heavy atom. The Morgan fingerprint density at radius 2 is 2.00 bits per heavy atom. The summed E-state index contributed by atoms with van der Waals surface area (Å²) >= 11 is 5.61. The molecule has 0 fully saturated rings. The average Bonchev–Trinajstić information content (AvgIpc) is 3.02. The first-order valence-corrected chi connectivity index (χ1v) is 8.07. The summed E-state index contributed by atoms with van der Waals surface area (Å²) in [5.74, 6) is 1.21. The third kappa shape index (κ3) is 3.65. The number of halogens is 1. The molecule has 0 aliphatic heterocycles. The summed E-state index contributed by atoms with van der Waals surface area (Å²) in [5.41, 5.74) is 8.42. The minimum absolute atomic E-state index is 0.0453. The molecule has 7 heteroatoms. The molecule has 0 aromatic heterocycles. The summed E-state index contributed by atoms with van der Waals surface area (Å²) < 4.78 is 5.80. The standard InChI is InChI=1S/C17H16ClN3O3/c18-10-17(19)20-13-7-14(21(22)23)9-16(8-13)24-15-5-4-11-2-1-3-12(11)6-15/h4-9H,1-3,10H2,(H2,19,20). The molecule has 2 N–H and O–H groups in total. The smallest absolute Gasteiger partial charge is 0.275 e. The highest BCUT2D eigenvalue weighted by molar-refractivity contribution is 6.28. The van der Waals surface area contributed by atoms with E-state index in [1.54, 1.807) is 6.07 Å². The van der Waals surface area contributed by atoms with E-state index in [2.05, 4.69) is 4.99 Å². The van der Waals surface area contributed by atoms with Gasteiger partial charge in [0.2, 0.25) is 0 Å². The molecule has 2 aromatic rings. The van der Waals surface area contributed by atoms with Crippen molar-refractivity contribution in [1.82, 2.24) is 0 Å². The number of benzene rings is 2. The first-order valence-electron chi connectivity index (χ1n) is 7.53. The number of aliphatic imine (C=N–C) groups is 1. The molecule has 6 nitrogen and oxygen atoms in total. The quantitative estimate of drug-likeness (QED) is 0.290. The van der Waals surface area contributed by atoms with Crippen LogP contribution >= 0.6 is 11.6 Å². The maximum Gasteiger partial charge on any atom is 0.275 e. The normalized spacial score (nSPS) is 13.6. The van der Waals surface area contributed by atoms with Gasteiger partial charge in [-0.25, -0.2) is 4.99 Å². The van der Waals surface area contributed by atoms with E-state index in [1.165, 1.54) is 23.3 Å². The number of hydrogen-bond donors (Lipinski definition) is 1. The Morgan fingerprint density at radius 3 is 2.75 bits per heavy atom. The molecule has 0 saturated carbocycles. The summed E-state index contributed by atoms with van der Waals surface area (Å²) in [5, 5.41) is 11.1. The number of non-ortho nitro benzene ring substituents is 1. The Balaban J connectivity index is 1.93. The number of nitrogens with two attached hydrogens (primary N) is 1. The summed E-state index contributed by atoms with van der Waals surface area (Å²) in [4.78, 5) is 14.7. The molecule has 3 rings (SSSR count). The van der Waals surface area contributed by atoms with Crippen LogP contribution in [0.25, 0.3) is 0 Å². The van der Waals surface area contributed by atoms with Crippen molar-refractivity contribution in [3.63, 3.8) is 0 Å². The van der Waals surface area contributed by atoms with Crippen molar-refractivity contribution >= 4 is 28.8 Å². The SMILES string of the molecule is NC(CCl)=Nc1cc(Oc2ccc3c(c2)CCC3)cc([N+](=O)[O-])c1. The second kappa shape index (κ2) is 6.88. The molecule has 0 atom stereocenters. The predicted octanol–water partition coefficient (Wildman–Crippen LogP) is 4.10. The van der Waals surface area contributed by atoms with Gasteiger partial charge in [0.25, 0.3) is 5.69 Å². The average molecular weight is 346 g/mol. The molecular formula is C17H16ClN3O3. The zero-order valence-electron chi connectivity index (χ0n) is 12.9. The minimum Gasteiger partial charge on any atom is -0.457 e. The first-order chi connectivity index (χ1) is 11.5. The number of nitro benzene ring substituents is 1. The van der Waals surface area contributed by atoms with Crippen LogP contribution in [0.1, 0.15) is 17.5 Å². The monoisotopic (exact) mass is 345 g/mol. The zero-order chi connectivity index (χ0) is 17.1. The first kappa shape index (κ1) is 16.3. The van der Waals surface area contributed by atoms with Gasteiger partial charge in [-0.3, -0.25) is 10.1 Å². The molecule has 0 spiro atoms. The molecule has 0 saturated heterocycles. The van der Waals surface area contributed by atoms with Crippen LogP contribution in [0.5, 0.6) is 11.5 Å². The van der Waals surface area contributed by atoms with Gasteiger partial charge in [0, 0.05) is 12.1 Å². The van der Waals surface area contributed by atoms with Gasteiger partial charge in [-0.15, -0.1) is 11.6 Å². The van der Waals surface area contributed by atoms with Crippen molar-refractivity contribution < 1.29 is 9.66 Å². The molecular weight excluding hydrogens is 330 g/mol. The van der Waals surface area contributed by atoms with Gasteiger partial charge in [0.1, 0.15) is 17.3 Å². The number of alkyl halides is 1. The summed E-state index contributed by atoms with van der Waals surface area (Å²) in [6.07, 6.45) is 3.26. The van der Waals surface area contributed by atoms with Crippen molar-refractivity contribution in [2.45, 2.75) is 19.3 Å². The van der Waals surface area contributed by atoms with Crippen molar-refractivity contribution in [1.29, 1.82) is 0 Å². The van der Waals surface area contributed by atoms with Crippen LogP contribution in [-0.4, -0.2) is 16.6 Å². The molecule has 1 aliphatic carbocycles. The van der Waals surface area contributed by atoms with Crippen LogP contribution in [0.4, 0.5) is 11.4 Å². The Bertz CT molecular complexity index is 821. The van der Waals surface area contributed by atoms with E-state index in [0.29, 0.717) is 17.2 Å². The molecule has 1 aliphatic rings. The lowest BCUT2D eigenvalue weighted by Crippen LogP contribution is -2.12. The predicted molar refractivity (Wildman–Crippen MR) is 93.6 cm³/mol. The van der Waals surface area contributed by atoms with Gasteiger partial charge in [-0.2, -0.15) is 0 Å². The number of nitrogens with zero attached hydrogens (tertiary/aromatic N) is 2. The number of ether oxygens (including phenoxy) is 1. The largest absolute Gasteiger partial charge is 0.457 e. The maximum atomic E-state index is 11.1. The highest BCUT2D eigenvalue weighted by Crippen LogP contribution is 2.33. The van der Waals surface area contributed by atoms with Crippen LogP contribution in [0.3, 0.4) is 0 Å². The van der Waals surface area contributed by atoms with Crippen molar-refractivity contribution in [2.75, 3.05) is 5.88 Å². The molecule has 0 bridgehead atoms. The number of aryl methyl sites for hydroxylation is 2. The fourth-order valence-corrected chi connectivity index (χ4v) is 2.80. The molecule has 0 heterocycles. The maximum absolute atomic E-state index is 11.1. The minimum atomic E-state index is -0.495. The summed E-state index contributed by atoms with van der Waals surface area (Å²) in [6, 6.07) is 10.2. The lowest BCUT2D eigenvalue weighted by molar-refractivity contribution is -0.384. The van der Waals surface area contributed by atoms with Crippen LogP contribution < -0.4 is 10.5 Å². The van der Waals surface area contributed by atoms with Crippen molar-refractivity contribution in [3.8, 4) is 11.5 Å². The lowest BCUT2D eigenvalue weighted by atomic mass is 10.1. The second-order valence-electron chi connectivity index (χ2n) is 5.57. The number of nitro groups is 1. The summed E-state index contributed by atoms with van der Waals surface area (Å²) in [7, 11) is 0. The second-order valence-corrected chi connectivity index (χ2v) is 5.83. The number of fused-ring (bicyclic) bond motifs is 1. The number of hydrogen-bond acceptors (Lipinski definition) is 4. The third-order valence-corrected chi connectivity index (χ3v) is 4.08. The third-order valence-electron chi connectivity index (χ3n) is 3.80. The lowest BCUT2D eigenvalue weighted by Gasteiger charge is -2.09. The number of rotatable bonds is 5. The van der Waals surface area contributed by atoms with Crippen molar-refractivity contribution in [3.05, 3.63) is 57.6 Å². The van der Waals surface area contributed by atoms with Gasteiger partial charge in [0.05, 0.1) is 22.6 Å². The van der Waals surface area contributed by atoms with Gasteiger partial charge >= 0.3 is 0 Å². The number of amidine groups is 1.